The molecule has 0 fully saturated rings. The third-order valence-electron chi connectivity index (χ3n) is 3.29. The van der Waals surface area contributed by atoms with Gasteiger partial charge < -0.3 is 15.0 Å². The molecule has 0 saturated carbocycles. The van der Waals surface area contributed by atoms with Gasteiger partial charge in [0.15, 0.2) is 0 Å². The zero-order chi connectivity index (χ0) is 15.4. The molecular formula is C16H18N2O3. The summed E-state index contributed by atoms with van der Waals surface area (Å²) in [6, 6.07) is 11.0. The molecule has 1 heterocycles. The molecule has 0 aliphatic heterocycles. The molecule has 0 spiro atoms. The van der Waals surface area contributed by atoms with E-state index in [1.807, 2.05) is 38.1 Å². The summed E-state index contributed by atoms with van der Waals surface area (Å²) in [5.41, 5.74) is 2.51. The van der Waals surface area contributed by atoms with Crippen molar-refractivity contribution in [3.63, 3.8) is 0 Å². The van der Waals surface area contributed by atoms with Crippen LogP contribution >= 0.6 is 0 Å². The van der Waals surface area contributed by atoms with E-state index in [1.54, 1.807) is 18.3 Å². The van der Waals surface area contributed by atoms with Crippen LogP contribution in [0, 0.1) is 6.92 Å². The molecule has 1 unspecified atom stereocenters. The Labute approximate surface area is 123 Å². The van der Waals surface area contributed by atoms with E-state index >= 15 is 0 Å². The van der Waals surface area contributed by atoms with E-state index in [-0.39, 0.29) is 18.5 Å². The number of carboxylic acid groups (broad SMARTS) is 1. The molecule has 0 aliphatic rings. The predicted molar refractivity (Wildman–Crippen MR) is 79.1 cm³/mol. The fraction of sp³-hybridized carbons (Fsp3) is 0.250. The van der Waals surface area contributed by atoms with Gasteiger partial charge in [-0.25, -0.2) is 0 Å². The molecule has 1 amide bonds. The minimum Gasteiger partial charge on any atom is -0.480 e. The van der Waals surface area contributed by atoms with Crippen LogP contribution in [-0.4, -0.2) is 21.6 Å². The molecule has 0 saturated heterocycles. The summed E-state index contributed by atoms with van der Waals surface area (Å²) in [6.45, 7) is 3.67. The fourth-order valence-corrected chi connectivity index (χ4v) is 2.11. The van der Waals surface area contributed by atoms with Gasteiger partial charge in [0.1, 0.15) is 12.2 Å². The smallest absolute Gasteiger partial charge is 0.323 e. The summed E-state index contributed by atoms with van der Waals surface area (Å²) >= 11 is 0. The molecular weight excluding hydrogens is 268 g/mol. The maximum Gasteiger partial charge on any atom is 0.323 e. The highest BCUT2D eigenvalue weighted by atomic mass is 16.4. The van der Waals surface area contributed by atoms with Crippen LogP contribution < -0.4 is 5.32 Å². The third-order valence-corrected chi connectivity index (χ3v) is 3.29. The van der Waals surface area contributed by atoms with Crippen LogP contribution in [-0.2, 0) is 11.3 Å². The summed E-state index contributed by atoms with van der Waals surface area (Å²) in [4.78, 5) is 23.0. The number of carbonyl (C=O) groups is 2. The van der Waals surface area contributed by atoms with Gasteiger partial charge >= 0.3 is 5.97 Å². The number of nitrogens with one attached hydrogen (secondary N) is 1. The SMILES string of the molecule is Cc1ccc(C(C)NC(=O)c2cccn2CC(=O)O)cc1. The first-order valence-electron chi connectivity index (χ1n) is 6.71. The van der Waals surface area contributed by atoms with Gasteiger partial charge in [-0.15, -0.1) is 0 Å². The number of aliphatic carboxylic acids is 1. The molecule has 0 aliphatic carbocycles. The Morgan fingerprint density at radius 2 is 1.90 bits per heavy atom. The quantitative estimate of drug-likeness (QED) is 0.886. The molecule has 5 heteroatoms. The molecule has 21 heavy (non-hydrogen) atoms. The lowest BCUT2D eigenvalue weighted by molar-refractivity contribution is -0.137. The number of rotatable bonds is 5. The Kier molecular flexibility index (Phi) is 4.42. The lowest BCUT2D eigenvalue weighted by Crippen LogP contribution is -2.29. The second kappa shape index (κ2) is 6.26. The van der Waals surface area contributed by atoms with Crippen molar-refractivity contribution in [3.8, 4) is 0 Å². The van der Waals surface area contributed by atoms with Crippen molar-refractivity contribution in [2.45, 2.75) is 26.4 Å². The Hall–Kier alpha value is -2.56. The normalized spacial score (nSPS) is 11.9. The molecule has 2 rings (SSSR count). The zero-order valence-corrected chi connectivity index (χ0v) is 12.0. The summed E-state index contributed by atoms with van der Waals surface area (Å²) in [5, 5.41) is 11.7. The van der Waals surface area contributed by atoms with E-state index in [0.717, 1.165) is 11.1 Å². The van der Waals surface area contributed by atoms with Crippen LogP contribution in [0.5, 0.6) is 0 Å². The van der Waals surface area contributed by atoms with Gasteiger partial charge in [-0.3, -0.25) is 9.59 Å². The molecule has 2 aromatic rings. The molecule has 2 N–H and O–H groups in total. The summed E-state index contributed by atoms with van der Waals surface area (Å²) in [6.07, 6.45) is 1.58. The number of benzene rings is 1. The van der Waals surface area contributed by atoms with Crippen LogP contribution in [0.1, 0.15) is 34.6 Å². The second-order valence-electron chi connectivity index (χ2n) is 5.02. The minimum absolute atomic E-state index is 0.147. The highest BCUT2D eigenvalue weighted by molar-refractivity contribution is 5.93. The Morgan fingerprint density at radius 1 is 1.24 bits per heavy atom. The lowest BCUT2D eigenvalue weighted by atomic mass is 10.1. The highest BCUT2D eigenvalue weighted by Gasteiger charge is 2.15. The van der Waals surface area contributed by atoms with Gasteiger partial charge in [-0.2, -0.15) is 0 Å². The molecule has 1 atom stereocenters. The Bertz CT molecular complexity index is 644. The topological polar surface area (TPSA) is 71.3 Å². The largest absolute Gasteiger partial charge is 0.480 e. The Morgan fingerprint density at radius 3 is 2.52 bits per heavy atom. The highest BCUT2D eigenvalue weighted by Crippen LogP contribution is 2.14. The van der Waals surface area contributed by atoms with Crippen molar-refractivity contribution in [2.24, 2.45) is 0 Å². The minimum atomic E-state index is -0.980. The molecule has 0 radical (unpaired) electrons. The maximum absolute atomic E-state index is 12.2. The van der Waals surface area contributed by atoms with E-state index in [2.05, 4.69) is 5.32 Å². The van der Waals surface area contributed by atoms with E-state index in [4.69, 9.17) is 5.11 Å². The van der Waals surface area contributed by atoms with Gasteiger partial charge in [0.05, 0.1) is 6.04 Å². The summed E-state index contributed by atoms with van der Waals surface area (Å²) < 4.78 is 1.42. The van der Waals surface area contributed by atoms with Crippen LogP contribution in [0.15, 0.2) is 42.6 Å². The molecule has 1 aromatic carbocycles. The van der Waals surface area contributed by atoms with Gasteiger partial charge in [-0.1, -0.05) is 29.8 Å². The first kappa shape index (κ1) is 14.8. The van der Waals surface area contributed by atoms with Crippen molar-refractivity contribution in [3.05, 3.63) is 59.4 Å². The van der Waals surface area contributed by atoms with Gasteiger partial charge in [0.25, 0.3) is 5.91 Å². The van der Waals surface area contributed by atoms with Crippen LogP contribution in [0.2, 0.25) is 0 Å². The number of nitrogens with zero attached hydrogens (tertiary/aromatic N) is 1. The third kappa shape index (κ3) is 3.72. The van der Waals surface area contributed by atoms with E-state index < -0.39 is 5.97 Å². The first-order chi connectivity index (χ1) is 9.97. The maximum atomic E-state index is 12.2. The average molecular weight is 286 g/mol. The van der Waals surface area contributed by atoms with E-state index in [1.165, 1.54) is 4.57 Å². The Balaban J connectivity index is 2.09. The summed E-state index contributed by atoms with van der Waals surface area (Å²) in [7, 11) is 0. The lowest BCUT2D eigenvalue weighted by Gasteiger charge is -2.15. The monoisotopic (exact) mass is 286 g/mol. The van der Waals surface area contributed by atoms with Crippen LogP contribution in [0.3, 0.4) is 0 Å². The number of aromatic nitrogens is 1. The number of aryl methyl sites for hydroxylation is 1. The van der Waals surface area contributed by atoms with Gasteiger partial charge in [-0.05, 0) is 31.5 Å². The standard InChI is InChI=1S/C16H18N2O3/c1-11-5-7-13(8-6-11)12(2)17-16(21)14-4-3-9-18(14)10-15(19)20/h3-9,12H,10H2,1-2H3,(H,17,21)(H,19,20). The molecule has 1 aromatic heterocycles. The molecule has 5 nitrogen and oxygen atoms in total. The number of carboxylic acids is 1. The first-order valence-corrected chi connectivity index (χ1v) is 6.71. The van der Waals surface area contributed by atoms with Gasteiger partial charge in [0, 0.05) is 6.20 Å². The van der Waals surface area contributed by atoms with Crippen molar-refractivity contribution >= 4 is 11.9 Å². The zero-order valence-electron chi connectivity index (χ0n) is 12.0. The van der Waals surface area contributed by atoms with Crippen LogP contribution in [0.25, 0.3) is 0 Å². The molecule has 110 valence electrons. The fourth-order valence-electron chi connectivity index (χ4n) is 2.11. The number of hydrogen-bond acceptors (Lipinski definition) is 2. The number of carbonyl (C=O) groups excluding carboxylic acids is 1. The summed E-state index contributed by atoms with van der Waals surface area (Å²) in [5.74, 6) is -1.26. The number of amides is 1. The van der Waals surface area contributed by atoms with Crippen LogP contribution in [0.4, 0.5) is 0 Å². The van der Waals surface area contributed by atoms with E-state index in [9.17, 15) is 9.59 Å². The second-order valence-corrected chi connectivity index (χ2v) is 5.02. The van der Waals surface area contributed by atoms with E-state index in [0.29, 0.717) is 5.69 Å². The van der Waals surface area contributed by atoms with Crippen molar-refractivity contribution in [1.82, 2.24) is 9.88 Å². The van der Waals surface area contributed by atoms with Gasteiger partial charge in [0.2, 0.25) is 0 Å². The average Bonchev–Trinajstić information content (AvgIpc) is 2.86. The number of hydrogen-bond donors (Lipinski definition) is 2. The van der Waals surface area contributed by atoms with Crippen molar-refractivity contribution in [1.29, 1.82) is 0 Å². The van der Waals surface area contributed by atoms with Crippen molar-refractivity contribution < 1.29 is 14.7 Å². The molecule has 0 bridgehead atoms. The van der Waals surface area contributed by atoms with Crippen molar-refractivity contribution in [2.75, 3.05) is 0 Å². The predicted octanol–water partition coefficient (Wildman–Crippen LogP) is 2.37.